The van der Waals surface area contributed by atoms with Crippen LogP contribution >= 0.6 is 0 Å². The van der Waals surface area contributed by atoms with E-state index in [1.54, 1.807) is 6.07 Å². The Morgan fingerprint density at radius 2 is 2.20 bits per heavy atom. The molecule has 2 atom stereocenters. The van der Waals surface area contributed by atoms with Crippen molar-refractivity contribution in [1.82, 2.24) is 10.2 Å². The summed E-state index contributed by atoms with van der Waals surface area (Å²) in [7, 11) is 0. The molecule has 1 aromatic rings. The summed E-state index contributed by atoms with van der Waals surface area (Å²) in [5.74, 6) is -0.785. The molecule has 0 bridgehead atoms. The number of hydrogen-bond acceptors (Lipinski definition) is 3. The van der Waals surface area contributed by atoms with Gasteiger partial charge in [-0.3, -0.25) is 0 Å². The largest absolute Gasteiger partial charge is 0.475 e. The molecule has 1 aliphatic rings. The number of rotatable bonds is 4. The molecule has 2 unspecified atom stereocenters. The van der Waals surface area contributed by atoms with Gasteiger partial charge in [0.1, 0.15) is 5.76 Å². The Kier molecular flexibility index (Phi) is 4.32. The van der Waals surface area contributed by atoms with Crippen LogP contribution < -0.4 is 5.32 Å². The second-order valence-corrected chi connectivity index (χ2v) is 5.13. The third-order valence-electron chi connectivity index (χ3n) is 3.78. The summed E-state index contributed by atoms with van der Waals surface area (Å²) in [5.41, 5.74) is 0. The zero-order chi connectivity index (χ0) is 14.7. The maximum absolute atomic E-state index is 12.2. The van der Waals surface area contributed by atoms with Crippen molar-refractivity contribution in [3.8, 4) is 0 Å². The van der Waals surface area contributed by atoms with E-state index in [1.807, 2.05) is 11.8 Å². The van der Waals surface area contributed by atoms with Gasteiger partial charge in [-0.2, -0.15) is 0 Å². The van der Waals surface area contributed by atoms with Crippen LogP contribution in [0.3, 0.4) is 0 Å². The third kappa shape index (κ3) is 2.95. The standard InChI is InChI=1S/C14H20N2O4/c1-3-10-5-4-9(2)16(10)14(19)15-8-11-6-7-12(20-11)13(17)18/h6-7,9-10H,3-5,8H2,1-2H3,(H,15,19)(H,17,18). The zero-order valence-corrected chi connectivity index (χ0v) is 11.8. The molecule has 1 fully saturated rings. The molecule has 0 aliphatic carbocycles. The van der Waals surface area contributed by atoms with Crippen LogP contribution in [0, 0.1) is 0 Å². The van der Waals surface area contributed by atoms with E-state index < -0.39 is 5.97 Å². The van der Waals surface area contributed by atoms with Crippen molar-refractivity contribution in [3.63, 3.8) is 0 Å². The van der Waals surface area contributed by atoms with Crippen molar-refractivity contribution < 1.29 is 19.1 Å². The Balaban J connectivity index is 1.92. The van der Waals surface area contributed by atoms with Gasteiger partial charge in [-0.25, -0.2) is 9.59 Å². The first-order chi connectivity index (χ1) is 9.52. The van der Waals surface area contributed by atoms with Gasteiger partial charge in [0.15, 0.2) is 0 Å². The maximum atomic E-state index is 12.2. The molecular formula is C14H20N2O4. The Hall–Kier alpha value is -1.98. The quantitative estimate of drug-likeness (QED) is 0.887. The van der Waals surface area contributed by atoms with Gasteiger partial charge in [-0.1, -0.05) is 6.92 Å². The number of likely N-dealkylation sites (tertiary alicyclic amines) is 1. The van der Waals surface area contributed by atoms with E-state index >= 15 is 0 Å². The molecule has 1 saturated heterocycles. The smallest absolute Gasteiger partial charge is 0.371 e. The van der Waals surface area contributed by atoms with Crippen molar-refractivity contribution in [2.24, 2.45) is 0 Å². The summed E-state index contributed by atoms with van der Waals surface area (Å²) in [5, 5.41) is 11.5. The van der Waals surface area contributed by atoms with Gasteiger partial charge in [0.2, 0.25) is 5.76 Å². The second kappa shape index (κ2) is 5.98. The van der Waals surface area contributed by atoms with E-state index in [9.17, 15) is 9.59 Å². The summed E-state index contributed by atoms with van der Waals surface area (Å²) < 4.78 is 5.11. The summed E-state index contributed by atoms with van der Waals surface area (Å²) in [6.45, 7) is 4.32. The molecule has 2 heterocycles. The average molecular weight is 280 g/mol. The van der Waals surface area contributed by atoms with Crippen LogP contribution in [-0.2, 0) is 6.54 Å². The monoisotopic (exact) mass is 280 g/mol. The van der Waals surface area contributed by atoms with Crippen molar-refractivity contribution in [2.75, 3.05) is 0 Å². The topological polar surface area (TPSA) is 82.8 Å². The van der Waals surface area contributed by atoms with Gasteiger partial charge in [0.05, 0.1) is 6.54 Å². The molecule has 1 aromatic heterocycles. The number of hydrogen-bond donors (Lipinski definition) is 2. The number of aromatic carboxylic acids is 1. The van der Waals surface area contributed by atoms with Gasteiger partial charge < -0.3 is 19.7 Å². The van der Waals surface area contributed by atoms with Crippen LogP contribution in [0.1, 0.15) is 49.4 Å². The Labute approximate surface area is 117 Å². The van der Waals surface area contributed by atoms with Crippen molar-refractivity contribution in [2.45, 2.75) is 51.7 Å². The number of nitrogens with zero attached hydrogens (tertiary/aromatic N) is 1. The lowest BCUT2D eigenvalue weighted by molar-refractivity contribution is 0.0660. The summed E-state index contributed by atoms with van der Waals surface area (Å²) in [6, 6.07) is 3.36. The normalized spacial score (nSPS) is 22.0. The Bertz CT molecular complexity index is 497. The SMILES string of the molecule is CCC1CCC(C)N1C(=O)NCc1ccc(C(=O)O)o1. The third-order valence-corrected chi connectivity index (χ3v) is 3.78. The highest BCUT2D eigenvalue weighted by Crippen LogP contribution is 2.25. The van der Waals surface area contributed by atoms with E-state index in [0.717, 1.165) is 19.3 Å². The Morgan fingerprint density at radius 3 is 2.80 bits per heavy atom. The van der Waals surface area contributed by atoms with Gasteiger partial charge in [0, 0.05) is 12.1 Å². The van der Waals surface area contributed by atoms with Crippen LogP contribution in [0.25, 0.3) is 0 Å². The number of amides is 2. The fraction of sp³-hybridized carbons (Fsp3) is 0.571. The Morgan fingerprint density at radius 1 is 1.45 bits per heavy atom. The minimum atomic E-state index is -1.11. The van der Waals surface area contributed by atoms with Gasteiger partial charge in [0.25, 0.3) is 0 Å². The molecular weight excluding hydrogens is 260 g/mol. The molecule has 110 valence electrons. The number of carboxylic acids is 1. The van der Waals surface area contributed by atoms with Gasteiger partial charge >= 0.3 is 12.0 Å². The molecule has 2 N–H and O–H groups in total. The number of carbonyl (C=O) groups is 2. The minimum absolute atomic E-state index is 0.116. The van der Waals surface area contributed by atoms with Gasteiger partial charge in [-0.15, -0.1) is 0 Å². The lowest BCUT2D eigenvalue weighted by Crippen LogP contribution is -2.45. The lowest BCUT2D eigenvalue weighted by Gasteiger charge is -2.27. The second-order valence-electron chi connectivity index (χ2n) is 5.13. The van der Waals surface area contributed by atoms with Crippen molar-refractivity contribution in [3.05, 3.63) is 23.7 Å². The fourth-order valence-electron chi connectivity index (χ4n) is 2.68. The highest BCUT2D eigenvalue weighted by molar-refractivity contribution is 5.84. The van der Waals surface area contributed by atoms with E-state index in [2.05, 4.69) is 12.2 Å². The molecule has 20 heavy (non-hydrogen) atoms. The summed E-state index contributed by atoms with van der Waals surface area (Å²) >= 11 is 0. The molecule has 0 spiro atoms. The van der Waals surface area contributed by atoms with Gasteiger partial charge in [-0.05, 0) is 38.3 Å². The van der Waals surface area contributed by atoms with Crippen LogP contribution in [0.4, 0.5) is 4.79 Å². The van der Waals surface area contributed by atoms with Crippen molar-refractivity contribution >= 4 is 12.0 Å². The number of nitrogens with one attached hydrogen (secondary N) is 1. The zero-order valence-electron chi connectivity index (χ0n) is 11.8. The molecule has 6 heteroatoms. The van der Waals surface area contributed by atoms with E-state index in [-0.39, 0.29) is 30.4 Å². The first-order valence-electron chi connectivity index (χ1n) is 6.91. The molecule has 0 aromatic carbocycles. The first kappa shape index (κ1) is 14.4. The predicted molar refractivity (Wildman–Crippen MR) is 72.5 cm³/mol. The molecule has 0 radical (unpaired) electrons. The van der Waals surface area contributed by atoms with E-state index in [1.165, 1.54) is 6.07 Å². The van der Waals surface area contributed by atoms with Crippen LogP contribution in [0.2, 0.25) is 0 Å². The number of urea groups is 1. The van der Waals surface area contributed by atoms with Crippen LogP contribution in [-0.4, -0.2) is 34.1 Å². The average Bonchev–Trinajstić information content (AvgIpc) is 3.02. The fourth-order valence-corrected chi connectivity index (χ4v) is 2.68. The van der Waals surface area contributed by atoms with Crippen LogP contribution in [0.15, 0.2) is 16.5 Å². The highest BCUT2D eigenvalue weighted by atomic mass is 16.4. The number of carbonyl (C=O) groups excluding carboxylic acids is 1. The van der Waals surface area contributed by atoms with E-state index in [0.29, 0.717) is 5.76 Å². The molecule has 2 amide bonds. The number of carboxylic acid groups (broad SMARTS) is 1. The summed E-state index contributed by atoms with van der Waals surface area (Å²) in [6.07, 6.45) is 3.01. The molecule has 2 rings (SSSR count). The van der Waals surface area contributed by atoms with Crippen molar-refractivity contribution in [1.29, 1.82) is 0 Å². The highest BCUT2D eigenvalue weighted by Gasteiger charge is 2.32. The lowest BCUT2D eigenvalue weighted by atomic mass is 10.2. The predicted octanol–water partition coefficient (Wildman–Crippen LogP) is 2.45. The minimum Gasteiger partial charge on any atom is -0.475 e. The number of furan rings is 1. The molecule has 6 nitrogen and oxygen atoms in total. The first-order valence-corrected chi connectivity index (χ1v) is 6.91. The maximum Gasteiger partial charge on any atom is 0.371 e. The molecule has 0 saturated carbocycles. The van der Waals surface area contributed by atoms with E-state index in [4.69, 9.17) is 9.52 Å². The van der Waals surface area contributed by atoms with Crippen LogP contribution in [0.5, 0.6) is 0 Å². The summed E-state index contributed by atoms with van der Waals surface area (Å²) in [4.78, 5) is 24.8. The molecule has 1 aliphatic heterocycles.